The van der Waals surface area contributed by atoms with Crippen molar-refractivity contribution in [2.45, 2.75) is 11.3 Å². The number of rotatable bonds is 6. The van der Waals surface area contributed by atoms with Crippen LogP contribution in [0.15, 0.2) is 72.1 Å². The van der Waals surface area contributed by atoms with Crippen LogP contribution in [-0.2, 0) is 10.0 Å². The Hall–Kier alpha value is -3.93. The molecule has 0 amide bonds. The van der Waals surface area contributed by atoms with Gasteiger partial charge in [-0.2, -0.15) is 0 Å². The average molecular weight is 476 g/mol. The van der Waals surface area contributed by atoms with Gasteiger partial charge in [-0.25, -0.2) is 18.4 Å². The minimum Gasteiger partial charge on any atom is -0.496 e. The van der Waals surface area contributed by atoms with Gasteiger partial charge in [-0.3, -0.25) is 9.71 Å². The molecule has 0 saturated carbocycles. The van der Waals surface area contributed by atoms with Crippen molar-refractivity contribution in [3.05, 3.63) is 67.3 Å². The van der Waals surface area contributed by atoms with Crippen molar-refractivity contribution >= 4 is 26.6 Å². The van der Waals surface area contributed by atoms with Crippen LogP contribution in [0.1, 0.15) is 0 Å². The van der Waals surface area contributed by atoms with Crippen molar-refractivity contribution in [1.29, 1.82) is 0 Å². The van der Waals surface area contributed by atoms with Crippen LogP contribution in [0.5, 0.6) is 11.5 Å². The molecule has 2 heterocycles. The first-order chi connectivity index (χ1) is 15.7. The van der Waals surface area contributed by atoms with Gasteiger partial charge >= 0.3 is 6.36 Å². The van der Waals surface area contributed by atoms with Crippen LogP contribution in [0.2, 0.25) is 0 Å². The molecule has 0 atom stereocenters. The van der Waals surface area contributed by atoms with Crippen LogP contribution in [0.4, 0.5) is 19.0 Å². The van der Waals surface area contributed by atoms with Crippen molar-refractivity contribution in [2.75, 3.05) is 11.8 Å². The predicted octanol–water partition coefficient (Wildman–Crippen LogP) is 4.40. The Bertz CT molecular complexity index is 1410. The van der Waals surface area contributed by atoms with Crippen LogP contribution in [0.25, 0.3) is 22.0 Å². The Morgan fingerprint density at radius 1 is 0.970 bits per heavy atom. The van der Waals surface area contributed by atoms with E-state index in [1.54, 1.807) is 6.07 Å². The van der Waals surface area contributed by atoms with Crippen LogP contribution >= 0.6 is 0 Å². The number of nitrogens with zero attached hydrogens (tertiary/aromatic N) is 3. The molecule has 12 heteroatoms. The number of benzene rings is 2. The molecule has 1 N–H and O–H groups in total. The van der Waals surface area contributed by atoms with E-state index in [0.29, 0.717) is 16.5 Å². The molecule has 0 aliphatic carbocycles. The fraction of sp³-hybridized carbons (Fsp3) is 0.0952. The van der Waals surface area contributed by atoms with E-state index in [2.05, 4.69) is 24.4 Å². The molecule has 0 fully saturated rings. The lowest BCUT2D eigenvalue weighted by atomic mass is 10.0. The topological polar surface area (TPSA) is 103 Å². The summed E-state index contributed by atoms with van der Waals surface area (Å²) >= 11 is 0. The summed E-state index contributed by atoms with van der Waals surface area (Å²) in [5, 5.41) is 0.996. The number of fused-ring (bicyclic) bond motifs is 1. The lowest BCUT2D eigenvalue weighted by molar-refractivity contribution is -0.274. The fourth-order valence-corrected chi connectivity index (χ4v) is 4.20. The second-order valence-electron chi connectivity index (χ2n) is 6.65. The lowest BCUT2D eigenvalue weighted by Gasteiger charge is -2.14. The molecule has 0 aliphatic rings. The van der Waals surface area contributed by atoms with E-state index in [0.717, 1.165) is 12.1 Å². The van der Waals surface area contributed by atoms with Crippen LogP contribution in [0.3, 0.4) is 0 Å². The van der Waals surface area contributed by atoms with Gasteiger partial charge in [-0.05, 0) is 47.9 Å². The maximum absolute atomic E-state index is 12.7. The smallest absolute Gasteiger partial charge is 0.496 e. The molecule has 0 bridgehead atoms. The molecular formula is C21H15F3N4O4S. The van der Waals surface area contributed by atoms with Crippen LogP contribution < -0.4 is 14.2 Å². The Balaban J connectivity index is 1.78. The van der Waals surface area contributed by atoms with E-state index in [9.17, 15) is 21.6 Å². The van der Waals surface area contributed by atoms with E-state index in [4.69, 9.17) is 4.74 Å². The van der Waals surface area contributed by atoms with Crippen molar-refractivity contribution in [1.82, 2.24) is 15.0 Å². The summed E-state index contributed by atoms with van der Waals surface area (Å²) in [6.45, 7) is 0. The Labute approximate surface area is 186 Å². The first-order valence-corrected chi connectivity index (χ1v) is 10.8. The van der Waals surface area contributed by atoms with E-state index in [-0.39, 0.29) is 22.0 Å². The number of methoxy groups -OCH3 is 1. The molecular weight excluding hydrogens is 461 g/mol. The molecule has 2 aromatic heterocycles. The summed E-state index contributed by atoms with van der Waals surface area (Å²) in [6, 6.07) is 10.9. The third kappa shape index (κ3) is 4.95. The Morgan fingerprint density at radius 2 is 1.79 bits per heavy atom. The van der Waals surface area contributed by atoms with E-state index in [1.807, 2.05) is 0 Å². The van der Waals surface area contributed by atoms with Gasteiger partial charge in [0.05, 0.1) is 17.7 Å². The summed E-state index contributed by atoms with van der Waals surface area (Å²) < 4.78 is 75.2. The van der Waals surface area contributed by atoms with Gasteiger partial charge in [0.1, 0.15) is 23.6 Å². The molecule has 0 saturated heterocycles. The Morgan fingerprint density at radius 3 is 2.48 bits per heavy atom. The number of hydrogen-bond acceptors (Lipinski definition) is 7. The van der Waals surface area contributed by atoms with Gasteiger partial charge in [0, 0.05) is 23.3 Å². The molecule has 0 unspecified atom stereocenters. The first-order valence-electron chi connectivity index (χ1n) is 9.28. The van der Waals surface area contributed by atoms with Gasteiger partial charge in [0.25, 0.3) is 10.0 Å². The Kier molecular flexibility index (Phi) is 5.77. The maximum atomic E-state index is 12.7. The third-order valence-corrected chi connectivity index (χ3v) is 5.88. The summed E-state index contributed by atoms with van der Waals surface area (Å²) in [5.41, 5.74) is 0.546. The highest BCUT2D eigenvalue weighted by molar-refractivity contribution is 7.92. The fourth-order valence-electron chi connectivity index (χ4n) is 3.15. The van der Waals surface area contributed by atoms with E-state index >= 15 is 0 Å². The molecule has 2 aromatic carbocycles. The minimum absolute atomic E-state index is 0.0353. The number of pyridine rings is 1. The van der Waals surface area contributed by atoms with Gasteiger partial charge in [-0.1, -0.05) is 6.07 Å². The van der Waals surface area contributed by atoms with Gasteiger partial charge in [0.15, 0.2) is 0 Å². The predicted molar refractivity (Wildman–Crippen MR) is 113 cm³/mol. The van der Waals surface area contributed by atoms with Crippen molar-refractivity contribution in [3.63, 3.8) is 0 Å². The number of anilines is 1. The van der Waals surface area contributed by atoms with Crippen LogP contribution in [-0.4, -0.2) is 36.8 Å². The maximum Gasteiger partial charge on any atom is 0.573 e. The number of halogens is 3. The van der Waals surface area contributed by atoms with Crippen LogP contribution in [0, 0.1) is 0 Å². The second-order valence-corrected chi connectivity index (χ2v) is 8.33. The normalized spacial score (nSPS) is 11.9. The zero-order chi connectivity index (χ0) is 23.6. The van der Waals surface area contributed by atoms with E-state index in [1.165, 1.54) is 56.2 Å². The number of nitrogens with one attached hydrogen (secondary N) is 1. The number of sulfonamides is 1. The molecule has 33 heavy (non-hydrogen) atoms. The summed E-state index contributed by atoms with van der Waals surface area (Å²) in [6.07, 6.45) is -0.839. The highest BCUT2D eigenvalue weighted by Crippen LogP contribution is 2.37. The third-order valence-electron chi connectivity index (χ3n) is 4.53. The zero-order valence-corrected chi connectivity index (χ0v) is 17.7. The van der Waals surface area contributed by atoms with Crippen molar-refractivity contribution in [2.24, 2.45) is 0 Å². The number of ether oxygens (including phenoxy) is 2. The summed E-state index contributed by atoms with van der Waals surface area (Å²) in [5.74, 6) is -0.0660. The summed E-state index contributed by atoms with van der Waals surface area (Å²) in [4.78, 5) is 11.8. The van der Waals surface area contributed by atoms with E-state index < -0.39 is 22.1 Å². The van der Waals surface area contributed by atoms with Crippen molar-refractivity contribution in [3.8, 4) is 22.8 Å². The molecule has 0 spiro atoms. The molecule has 170 valence electrons. The van der Waals surface area contributed by atoms with Gasteiger partial charge < -0.3 is 9.47 Å². The largest absolute Gasteiger partial charge is 0.573 e. The zero-order valence-electron chi connectivity index (χ0n) is 16.9. The number of alkyl halides is 3. The quantitative estimate of drug-likeness (QED) is 0.440. The molecule has 0 aliphatic heterocycles. The minimum atomic E-state index is -4.86. The number of aromatic nitrogens is 3. The highest BCUT2D eigenvalue weighted by atomic mass is 32.2. The summed E-state index contributed by atoms with van der Waals surface area (Å²) in [7, 11) is -2.58. The first kappa shape index (κ1) is 22.3. The molecule has 4 aromatic rings. The standard InChI is InChI=1S/C21H15F3N4O4S/c1-31-18-5-2-14(32-21(22,23)24)11-17(18)20-16-4-3-15(10-13(16)6-9-26-20)33(29,30)28-19-7-8-25-12-27-19/h2-12H,1H3,(H,25,27,28). The average Bonchev–Trinajstić information content (AvgIpc) is 2.77. The highest BCUT2D eigenvalue weighted by Gasteiger charge is 2.31. The molecule has 0 radical (unpaired) electrons. The van der Waals surface area contributed by atoms with Crippen molar-refractivity contribution < 1.29 is 31.1 Å². The molecule has 4 rings (SSSR count). The SMILES string of the molecule is COc1ccc(OC(F)(F)F)cc1-c1nccc2cc(S(=O)(=O)Nc3ccncn3)ccc12. The number of hydrogen-bond donors (Lipinski definition) is 1. The lowest BCUT2D eigenvalue weighted by Crippen LogP contribution is -2.17. The van der Waals surface area contributed by atoms with Gasteiger partial charge in [0.2, 0.25) is 0 Å². The monoisotopic (exact) mass is 476 g/mol. The molecule has 8 nitrogen and oxygen atoms in total. The van der Waals surface area contributed by atoms with Gasteiger partial charge in [-0.15, -0.1) is 13.2 Å². The second kappa shape index (κ2) is 8.54.